The summed E-state index contributed by atoms with van der Waals surface area (Å²) in [5, 5.41) is 8.99. The Labute approximate surface area is 122 Å². The lowest BCUT2D eigenvalue weighted by Gasteiger charge is -2.25. The van der Waals surface area contributed by atoms with Crippen LogP contribution in [0.15, 0.2) is 4.79 Å². The van der Waals surface area contributed by atoms with Gasteiger partial charge in [-0.3, -0.25) is 9.36 Å². The zero-order chi connectivity index (χ0) is 14.9. The molecule has 0 amide bonds. The Morgan fingerprint density at radius 2 is 2.20 bits per heavy atom. The molecule has 0 spiro atoms. The maximum Gasteiger partial charge on any atom is 0.348 e. The van der Waals surface area contributed by atoms with Gasteiger partial charge in [0, 0.05) is 28.2 Å². The summed E-state index contributed by atoms with van der Waals surface area (Å²) < 4.78 is 1.69. The molecule has 0 aromatic carbocycles. The summed E-state index contributed by atoms with van der Waals surface area (Å²) in [6.45, 7) is 6.27. The highest BCUT2D eigenvalue weighted by atomic mass is 32.2. The van der Waals surface area contributed by atoms with Gasteiger partial charge in [-0.2, -0.15) is 16.7 Å². The molecule has 0 aliphatic carbocycles. The van der Waals surface area contributed by atoms with E-state index in [2.05, 4.69) is 11.9 Å². The first kappa shape index (κ1) is 15.1. The van der Waals surface area contributed by atoms with Gasteiger partial charge in [-0.1, -0.05) is 0 Å². The molecule has 1 N–H and O–H groups in total. The monoisotopic (exact) mass is 296 g/mol. The van der Waals surface area contributed by atoms with Gasteiger partial charge in [0.1, 0.15) is 0 Å². The molecule has 1 aliphatic heterocycles. The Kier molecular flexibility index (Phi) is 4.22. The van der Waals surface area contributed by atoms with Gasteiger partial charge in [-0.05, 0) is 39.4 Å². The highest BCUT2D eigenvalue weighted by Crippen LogP contribution is 2.39. The van der Waals surface area contributed by atoms with E-state index in [4.69, 9.17) is 5.11 Å². The Morgan fingerprint density at radius 3 is 2.75 bits per heavy atom. The predicted octanol–water partition coefficient (Wildman–Crippen LogP) is 1.77. The second kappa shape index (κ2) is 5.60. The number of aromatic nitrogens is 2. The average molecular weight is 296 g/mol. The smallest absolute Gasteiger partial charge is 0.348 e. The highest BCUT2D eigenvalue weighted by molar-refractivity contribution is 8.00. The van der Waals surface area contributed by atoms with Crippen LogP contribution >= 0.6 is 11.8 Å². The van der Waals surface area contributed by atoms with Crippen molar-refractivity contribution in [3.63, 3.8) is 0 Å². The standard InChI is InChI=1S/C14H20N2O3S/c1-9-11(7-12(17)18)10(2)16(13(19)15-9)8-14(3)5-4-6-20-14/h4-8H2,1-3H3,(H,17,18). The number of nitrogens with zero attached hydrogens (tertiary/aromatic N) is 2. The van der Waals surface area contributed by atoms with Crippen LogP contribution in [-0.4, -0.2) is 31.1 Å². The summed E-state index contributed by atoms with van der Waals surface area (Å²) in [6, 6.07) is 0. The van der Waals surface area contributed by atoms with Gasteiger partial charge in [-0.25, -0.2) is 4.79 Å². The minimum Gasteiger partial charge on any atom is -0.481 e. The molecule has 1 aliphatic rings. The lowest BCUT2D eigenvalue weighted by molar-refractivity contribution is -0.136. The Bertz CT molecular complexity index is 589. The number of hydrogen-bond donors (Lipinski definition) is 1. The molecule has 2 heterocycles. The van der Waals surface area contributed by atoms with Crippen molar-refractivity contribution >= 4 is 17.7 Å². The van der Waals surface area contributed by atoms with Crippen LogP contribution in [0, 0.1) is 13.8 Å². The maximum absolute atomic E-state index is 12.1. The molecular weight excluding hydrogens is 276 g/mol. The van der Waals surface area contributed by atoms with E-state index in [0.717, 1.165) is 24.3 Å². The zero-order valence-corrected chi connectivity index (χ0v) is 12.9. The molecule has 1 aromatic heterocycles. The van der Waals surface area contributed by atoms with Gasteiger partial charge in [0.05, 0.1) is 6.42 Å². The molecule has 1 saturated heterocycles. The summed E-state index contributed by atoms with van der Waals surface area (Å²) in [6.07, 6.45) is 2.15. The molecule has 0 bridgehead atoms. The third-order valence-corrected chi connectivity index (χ3v) is 5.42. The quantitative estimate of drug-likeness (QED) is 0.917. The van der Waals surface area contributed by atoms with Gasteiger partial charge in [-0.15, -0.1) is 0 Å². The predicted molar refractivity (Wildman–Crippen MR) is 79.4 cm³/mol. The van der Waals surface area contributed by atoms with Crippen molar-refractivity contribution < 1.29 is 9.90 Å². The lowest BCUT2D eigenvalue weighted by Crippen LogP contribution is -2.35. The van der Waals surface area contributed by atoms with Crippen LogP contribution in [0.25, 0.3) is 0 Å². The number of aryl methyl sites for hydroxylation is 1. The molecule has 1 aromatic rings. The molecule has 0 saturated carbocycles. The van der Waals surface area contributed by atoms with Gasteiger partial charge in [0.25, 0.3) is 0 Å². The number of carboxylic acids is 1. The maximum atomic E-state index is 12.1. The first-order chi connectivity index (χ1) is 9.32. The summed E-state index contributed by atoms with van der Waals surface area (Å²) in [5.41, 5.74) is 1.64. The molecule has 20 heavy (non-hydrogen) atoms. The second-order valence-electron chi connectivity index (χ2n) is 5.60. The number of thioether (sulfide) groups is 1. The molecule has 1 fully saturated rings. The number of carbonyl (C=O) groups is 1. The Hall–Kier alpha value is -1.30. The summed E-state index contributed by atoms with van der Waals surface area (Å²) >= 11 is 1.88. The molecule has 6 heteroatoms. The highest BCUT2D eigenvalue weighted by Gasteiger charge is 2.31. The first-order valence-electron chi connectivity index (χ1n) is 6.75. The van der Waals surface area contributed by atoms with Crippen LogP contribution in [0.2, 0.25) is 0 Å². The molecular formula is C14H20N2O3S. The van der Waals surface area contributed by atoms with Crippen LogP contribution in [-0.2, 0) is 17.8 Å². The van der Waals surface area contributed by atoms with Crippen LogP contribution in [0.3, 0.4) is 0 Å². The van der Waals surface area contributed by atoms with E-state index in [1.807, 2.05) is 18.7 Å². The van der Waals surface area contributed by atoms with Gasteiger partial charge >= 0.3 is 11.7 Å². The van der Waals surface area contributed by atoms with Crippen molar-refractivity contribution in [1.82, 2.24) is 9.55 Å². The van der Waals surface area contributed by atoms with E-state index in [0.29, 0.717) is 17.8 Å². The average Bonchev–Trinajstić information content (AvgIpc) is 2.77. The van der Waals surface area contributed by atoms with Gasteiger partial charge in [0.2, 0.25) is 0 Å². The number of rotatable bonds is 4. The Morgan fingerprint density at radius 1 is 1.50 bits per heavy atom. The van der Waals surface area contributed by atoms with Crippen molar-refractivity contribution in [2.24, 2.45) is 0 Å². The third-order valence-electron chi connectivity index (χ3n) is 3.89. The lowest BCUT2D eigenvalue weighted by atomic mass is 10.0. The van der Waals surface area contributed by atoms with E-state index in [9.17, 15) is 9.59 Å². The van der Waals surface area contributed by atoms with E-state index in [1.165, 1.54) is 0 Å². The molecule has 1 atom stereocenters. The molecule has 2 rings (SSSR count). The molecule has 5 nitrogen and oxygen atoms in total. The van der Waals surface area contributed by atoms with E-state index < -0.39 is 5.97 Å². The summed E-state index contributed by atoms with van der Waals surface area (Å²) in [7, 11) is 0. The van der Waals surface area contributed by atoms with Crippen molar-refractivity contribution in [1.29, 1.82) is 0 Å². The van der Waals surface area contributed by atoms with Crippen molar-refractivity contribution in [3.05, 3.63) is 27.4 Å². The third kappa shape index (κ3) is 3.06. The van der Waals surface area contributed by atoms with Crippen LogP contribution in [0.4, 0.5) is 0 Å². The minimum absolute atomic E-state index is 0.0476. The largest absolute Gasteiger partial charge is 0.481 e. The fourth-order valence-electron chi connectivity index (χ4n) is 2.73. The van der Waals surface area contributed by atoms with E-state index >= 15 is 0 Å². The zero-order valence-electron chi connectivity index (χ0n) is 12.1. The van der Waals surface area contributed by atoms with Crippen molar-refractivity contribution in [2.45, 2.75) is 51.3 Å². The van der Waals surface area contributed by atoms with E-state index in [-0.39, 0.29) is 16.9 Å². The number of aliphatic carboxylic acids is 1. The van der Waals surface area contributed by atoms with Gasteiger partial charge in [0.15, 0.2) is 0 Å². The topological polar surface area (TPSA) is 72.2 Å². The molecule has 1 unspecified atom stereocenters. The first-order valence-corrected chi connectivity index (χ1v) is 7.74. The molecule has 110 valence electrons. The summed E-state index contributed by atoms with van der Waals surface area (Å²) in [4.78, 5) is 27.1. The second-order valence-corrected chi connectivity index (χ2v) is 7.28. The molecule has 0 radical (unpaired) electrons. The number of hydrogen-bond acceptors (Lipinski definition) is 4. The fourth-order valence-corrected chi connectivity index (χ4v) is 4.02. The van der Waals surface area contributed by atoms with Crippen LogP contribution in [0.1, 0.15) is 36.7 Å². The van der Waals surface area contributed by atoms with Crippen molar-refractivity contribution in [2.75, 3.05) is 5.75 Å². The Balaban J connectivity index is 2.42. The SMILES string of the molecule is Cc1nc(=O)n(CC2(C)CCCS2)c(C)c1CC(=O)O. The number of carboxylic acid groups (broad SMARTS) is 1. The summed E-state index contributed by atoms with van der Waals surface area (Å²) in [5.74, 6) is 0.218. The van der Waals surface area contributed by atoms with E-state index in [1.54, 1.807) is 11.5 Å². The van der Waals surface area contributed by atoms with Gasteiger partial charge < -0.3 is 5.11 Å². The minimum atomic E-state index is -0.898. The van der Waals surface area contributed by atoms with Crippen LogP contribution in [0.5, 0.6) is 0 Å². The fraction of sp³-hybridized carbons (Fsp3) is 0.643. The van der Waals surface area contributed by atoms with Crippen LogP contribution < -0.4 is 5.69 Å². The normalized spacial score (nSPS) is 22.1. The van der Waals surface area contributed by atoms with Crippen molar-refractivity contribution in [3.8, 4) is 0 Å².